The molecule has 4 heteroatoms. The molecular formula is C10H7BrOS2. The highest BCUT2D eigenvalue weighted by atomic mass is 79.9. The van der Waals surface area contributed by atoms with Gasteiger partial charge in [0.15, 0.2) is 0 Å². The van der Waals surface area contributed by atoms with Crippen molar-refractivity contribution in [1.82, 2.24) is 0 Å². The second kappa shape index (κ2) is 4.04. The van der Waals surface area contributed by atoms with E-state index < -0.39 is 0 Å². The number of benzene rings is 1. The van der Waals surface area contributed by atoms with Gasteiger partial charge in [-0.2, -0.15) is 0 Å². The minimum Gasteiger partial charge on any atom is -0.298 e. The molecule has 2 rings (SSSR count). The molecule has 0 spiro atoms. The van der Waals surface area contributed by atoms with E-state index in [2.05, 4.69) is 28.6 Å². The Balaban J connectivity index is 2.84. The number of halogens is 1. The van der Waals surface area contributed by atoms with E-state index in [0.717, 1.165) is 32.4 Å². The molecule has 14 heavy (non-hydrogen) atoms. The Morgan fingerprint density at radius 2 is 2.29 bits per heavy atom. The molecule has 1 nitrogen and oxygen atoms in total. The lowest BCUT2D eigenvalue weighted by molar-refractivity contribution is 0.112. The molecule has 1 aromatic carbocycles. The molecule has 0 amide bonds. The van der Waals surface area contributed by atoms with Gasteiger partial charge in [0.25, 0.3) is 0 Å². The van der Waals surface area contributed by atoms with E-state index in [1.165, 1.54) is 0 Å². The van der Waals surface area contributed by atoms with Gasteiger partial charge in [-0.3, -0.25) is 4.79 Å². The Morgan fingerprint density at radius 1 is 1.50 bits per heavy atom. The third kappa shape index (κ3) is 1.51. The molecule has 0 aliphatic rings. The highest BCUT2D eigenvalue weighted by Gasteiger charge is 2.09. The highest BCUT2D eigenvalue weighted by molar-refractivity contribution is 9.08. The van der Waals surface area contributed by atoms with Gasteiger partial charge in [-0.05, 0) is 5.56 Å². The van der Waals surface area contributed by atoms with Crippen molar-refractivity contribution in [1.29, 1.82) is 0 Å². The van der Waals surface area contributed by atoms with Crippen molar-refractivity contribution in [2.24, 2.45) is 0 Å². The second-order valence-electron chi connectivity index (χ2n) is 2.88. The predicted octanol–water partition coefficient (Wildman–Crippen LogP) is 3.90. The van der Waals surface area contributed by atoms with Gasteiger partial charge in [-0.15, -0.1) is 24.0 Å². The second-order valence-corrected chi connectivity index (χ2v) is 4.80. The summed E-state index contributed by atoms with van der Waals surface area (Å²) in [7, 11) is 0. The van der Waals surface area contributed by atoms with Crippen LogP contribution in [0.4, 0.5) is 0 Å². The minimum atomic E-state index is 0.701. The SMILES string of the molecule is O=Cc1ccc2c(S)csc2c1CBr. The summed E-state index contributed by atoms with van der Waals surface area (Å²) in [6, 6.07) is 3.79. The number of fused-ring (bicyclic) bond motifs is 1. The fourth-order valence-electron chi connectivity index (χ4n) is 1.41. The van der Waals surface area contributed by atoms with Gasteiger partial charge >= 0.3 is 0 Å². The molecule has 72 valence electrons. The largest absolute Gasteiger partial charge is 0.298 e. The summed E-state index contributed by atoms with van der Waals surface area (Å²) in [5.74, 6) is 0. The summed E-state index contributed by atoms with van der Waals surface area (Å²) in [4.78, 5) is 11.8. The van der Waals surface area contributed by atoms with Crippen molar-refractivity contribution in [2.45, 2.75) is 10.2 Å². The van der Waals surface area contributed by atoms with Gasteiger partial charge in [-0.1, -0.05) is 28.1 Å². The summed E-state index contributed by atoms with van der Waals surface area (Å²) in [6.07, 6.45) is 0.897. The number of thiol groups is 1. The first kappa shape index (κ1) is 10.2. The lowest BCUT2D eigenvalue weighted by Gasteiger charge is -2.02. The van der Waals surface area contributed by atoms with Crippen LogP contribution in [0.3, 0.4) is 0 Å². The molecule has 0 atom stereocenters. The van der Waals surface area contributed by atoms with Crippen LogP contribution in [-0.2, 0) is 5.33 Å². The molecular weight excluding hydrogens is 280 g/mol. The van der Waals surface area contributed by atoms with Crippen molar-refractivity contribution < 1.29 is 4.79 Å². The first-order chi connectivity index (χ1) is 6.77. The van der Waals surface area contributed by atoms with Crippen LogP contribution in [0.25, 0.3) is 10.1 Å². The van der Waals surface area contributed by atoms with E-state index in [9.17, 15) is 4.79 Å². The molecule has 1 heterocycles. The quantitative estimate of drug-likeness (QED) is 0.503. The number of aldehydes is 1. The minimum absolute atomic E-state index is 0.701. The van der Waals surface area contributed by atoms with Crippen LogP contribution >= 0.6 is 39.9 Å². The average molecular weight is 287 g/mol. The first-order valence-corrected chi connectivity index (χ1v) is 6.46. The van der Waals surface area contributed by atoms with E-state index in [4.69, 9.17) is 0 Å². The van der Waals surface area contributed by atoms with Crippen LogP contribution in [0.1, 0.15) is 15.9 Å². The molecule has 1 aromatic heterocycles. The van der Waals surface area contributed by atoms with E-state index >= 15 is 0 Å². The number of carbonyl (C=O) groups is 1. The number of hydrogen-bond donors (Lipinski definition) is 1. The summed E-state index contributed by atoms with van der Waals surface area (Å²) >= 11 is 9.39. The fraction of sp³-hybridized carbons (Fsp3) is 0.100. The summed E-state index contributed by atoms with van der Waals surface area (Å²) in [5.41, 5.74) is 1.81. The Morgan fingerprint density at radius 3 is 2.93 bits per heavy atom. The van der Waals surface area contributed by atoms with Crippen LogP contribution in [0.2, 0.25) is 0 Å². The van der Waals surface area contributed by atoms with Gasteiger partial charge in [0.1, 0.15) is 6.29 Å². The van der Waals surface area contributed by atoms with Gasteiger partial charge in [0, 0.05) is 31.3 Å². The number of alkyl halides is 1. The molecule has 0 aliphatic carbocycles. The number of hydrogen-bond acceptors (Lipinski definition) is 3. The zero-order valence-corrected chi connectivity index (χ0v) is 10.5. The maximum absolute atomic E-state index is 10.8. The van der Waals surface area contributed by atoms with Crippen molar-refractivity contribution in [3.05, 3.63) is 28.6 Å². The zero-order valence-electron chi connectivity index (χ0n) is 7.16. The topological polar surface area (TPSA) is 17.1 Å². The lowest BCUT2D eigenvalue weighted by Crippen LogP contribution is -1.88. The molecule has 0 unspecified atom stereocenters. The van der Waals surface area contributed by atoms with Crippen LogP contribution in [0, 0.1) is 0 Å². The molecule has 0 radical (unpaired) electrons. The standard InChI is InChI=1S/C10H7BrOS2/c11-3-8-6(4-12)1-2-7-9(13)5-14-10(7)8/h1-2,4-5,13H,3H2. The highest BCUT2D eigenvalue weighted by Crippen LogP contribution is 2.33. The number of rotatable bonds is 2. The van der Waals surface area contributed by atoms with Crippen LogP contribution in [-0.4, -0.2) is 6.29 Å². The molecule has 0 saturated heterocycles. The van der Waals surface area contributed by atoms with E-state index in [-0.39, 0.29) is 0 Å². The van der Waals surface area contributed by atoms with Crippen molar-refractivity contribution >= 4 is 56.3 Å². The number of thiophene rings is 1. The molecule has 0 saturated carbocycles. The van der Waals surface area contributed by atoms with Gasteiger partial charge < -0.3 is 0 Å². The Bertz CT molecular complexity index is 490. The Hall–Kier alpha value is -0.320. The van der Waals surface area contributed by atoms with Crippen LogP contribution < -0.4 is 0 Å². The van der Waals surface area contributed by atoms with Crippen LogP contribution in [0.5, 0.6) is 0 Å². The summed E-state index contributed by atoms with van der Waals surface area (Å²) < 4.78 is 1.15. The molecule has 2 aromatic rings. The molecule has 0 bridgehead atoms. The summed E-state index contributed by atoms with van der Waals surface area (Å²) in [5, 5.41) is 3.82. The van der Waals surface area contributed by atoms with Crippen molar-refractivity contribution in [3.63, 3.8) is 0 Å². The Labute approximate surface area is 99.7 Å². The molecule has 0 fully saturated rings. The monoisotopic (exact) mass is 286 g/mol. The maximum Gasteiger partial charge on any atom is 0.150 e. The molecule has 0 aliphatic heterocycles. The Kier molecular flexibility index (Phi) is 2.95. The predicted molar refractivity (Wildman–Crippen MR) is 67.1 cm³/mol. The van der Waals surface area contributed by atoms with Gasteiger partial charge in [0.05, 0.1) is 0 Å². The van der Waals surface area contributed by atoms with E-state index in [1.807, 2.05) is 17.5 Å². The zero-order chi connectivity index (χ0) is 10.1. The van der Waals surface area contributed by atoms with E-state index in [0.29, 0.717) is 5.33 Å². The first-order valence-electron chi connectivity index (χ1n) is 4.01. The van der Waals surface area contributed by atoms with Gasteiger partial charge in [-0.25, -0.2) is 0 Å². The average Bonchev–Trinajstić information content (AvgIpc) is 2.59. The third-order valence-electron chi connectivity index (χ3n) is 2.12. The lowest BCUT2D eigenvalue weighted by atomic mass is 10.1. The third-order valence-corrected chi connectivity index (χ3v) is 4.28. The van der Waals surface area contributed by atoms with Gasteiger partial charge in [0.2, 0.25) is 0 Å². The maximum atomic E-state index is 10.8. The molecule has 0 N–H and O–H groups in total. The number of carbonyl (C=O) groups excluding carboxylic acids is 1. The fourth-order valence-corrected chi connectivity index (χ4v) is 3.61. The summed E-state index contributed by atoms with van der Waals surface area (Å²) in [6.45, 7) is 0. The van der Waals surface area contributed by atoms with E-state index in [1.54, 1.807) is 11.3 Å². The smallest absolute Gasteiger partial charge is 0.150 e. The normalized spacial score (nSPS) is 10.7. The van der Waals surface area contributed by atoms with Crippen molar-refractivity contribution in [3.8, 4) is 0 Å². The van der Waals surface area contributed by atoms with Crippen LogP contribution in [0.15, 0.2) is 22.4 Å². The van der Waals surface area contributed by atoms with Crippen molar-refractivity contribution in [2.75, 3.05) is 0 Å².